The van der Waals surface area contributed by atoms with Gasteiger partial charge in [-0.2, -0.15) is 0 Å². The molecule has 0 bridgehead atoms. The topological polar surface area (TPSA) is 96.5 Å². The molecule has 1 amide bonds. The fourth-order valence-electron chi connectivity index (χ4n) is 3.22. The summed E-state index contributed by atoms with van der Waals surface area (Å²) >= 11 is 0. The highest BCUT2D eigenvalue weighted by Crippen LogP contribution is 2.43. The number of ether oxygens (including phenoxy) is 1. The van der Waals surface area contributed by atoms with Gasteiger partial charge in [-0.25, -0.2) is 9.78 Å². The number of allylic oxidation sites excluding steroid dienone is 1. The van der Waals surface area contributed by atoms with Crippen LogP contribution in [0, 0.1) is 5.92 Å². The number of aromatic nitrogens is 2. The molecule has 2 aromatic heterocycles. The quantitative estimate of drug-likeness (QED) is 0.662. The minimum absolute atomic E-state index is 0.0887. The Bertz CT molecular complexity index is 799. The van der Waals surface area contributed by atoms with E-state index in [-0.39, 0.29) is 18.1 Å². The Hall–Kier alpha value is -2.48. The number of rotatable bonds is 7. The van der Waals surface area contributed by atoms with Crippen molar-refractivity contribution in [1.82, 2.24) is 15.3 Å². The van der Waals surface area contributed by atoms with Gasteiger partial charge in [-0.15, -0.1) is 0 Å². The van der Waals surface area contributed by atoms with Crippen LogP contribution < -0.4 is 9.97 Å². The molecule has 0 atom stereocenters. The fourth-order valence-corrected chi connectivity index (χ4v) is 3.22. The summed E-state index contributed by atoms with van der Waals surface area (Å²) in [6.45, 7) is 8.20. The zero-order valence-corrected chi connectivity index (χ0v) is 15.1. The van der Waals surface area contributed by atoms with Crippen molar-refractivity contribution in [2.45, 2.75) is 39.1 Å². The Morgan fingerprint density at radius 1 is 1.54 bits per heavy atom. The van der Waals surface area contributed by atoms with Gasteiger partial charge in [0.1, 0.15) is 11.4 Å². The first-order valence-electron chi connectivity index (χ1n) is 8.92. The summed E-state index contributed by atoms with van der Waals surface area (Å²) in [5, 5.41) is 13.4. The van der Waals surface area contributed by atoms with Crippen molar-refractivity contribution in [2.24, 2.45) is 5.92 Å². The zero-order chi connectivity index (χ0) is 18.7. The second-order valence-corrected chi connectivity index (χ2v) is 6.63. The van der Waals surface area contributed by atoms with Crippen LogP contribution in [-0.4, -0.2) is 40.9 Å². The van der Waals surface area contributed by atoms with Gasteiger partial charge in [0, 0.05) is 23.2 Å². The van der Waals surface area contributed by atoms with Crippen LogP contribution in [0.1, 0.15) is 31.7 Å². The predicted molar refractivity (Wildman–Crippen MR) is 101 cm³/mol. The second kappa shape index (κ2) is 7.82. The lowest BCUT2D eigenvalue weighted by Crippen LogP contribution is -2.44. The van der Waals surface area contributed by atoms with Crippen molar-refractivity contribution in [3.63, 3.8) is 0 Å². The first kappa shape index (κ1) is 18.3. The number of amides is 1. The van der Waals surface area contributed by atoms with E-state index in [9.17, 15) is 9.82 Å². The summed E-state index contributed by atoms with van der Waals surface area (Å²) in [5.41, 5.74) is 2.53. The fraction of sp³-hybridized carbons (Fsp3) is 0.444. The number of carbonyl (C=O) groups is 1. The molecule has 1 aliphatic carbocycles. The van der Waals surface area contributed by atoms with E-state index in [1.54, 1.807) is 13.0 Å². The minimum atomic E-state index is -0.941. The maximum Gasteiger partial charge on any atom is 0.519 e. The Balaban J connectivity index is 1.71. The zero-order valence-electron chi connectivity index (χ0n) is 15.1. The number of alkyl carbamates (subject to hydrolysis) is 1. The van der Waals surface area contributed by atoms with Crippen LogP contribution in [0.5, 0.6) is 5.75 Å². The first-order valence-corrected chi connectivity index (χ1v) is 8.92. The average Bonchev–Trinajstić information content (AvgIpc) is 3.03. The van der Waals surface area contributed by atoms with Gasteiger partial charge in [-0.3, -0.25) is 0 Å². The predicted octanol–water partition coefficient (Wildman–Crippen LogP) is 2.98. The molecular formula is C18H24BN3O4. The van der Waals surface area contributed by atoms with Crippen LogP contribution in [-0.2, 0) is 4.74 Å². The Morgan fingerprint density at radius 2 is 2.31 bits per heavy atom. The standard InChI is InChI=1S/C18H24BN3O4/c1-4-7-25-18(23)22-13-8-12(9-13)11(2)16-14-5-6-20-17(14)21-10-15(16)26-19(3)24/h5-6,10,12-13,24H,2,4,7-9H2,1,3H3,(H,20,21)(H,22,23). The normalized spacial score (nSPS) is 18.9. The van der Waals surface area contributed by atoms with Crippen molar-refractivity contribution >= 4 is 29.8 Å². The molecule has 1 aliphatic rings. The highest BCUT2D eigenvalue weighted by Gasteiger charge is 2.34. The van der Waals surface area contributed by atoms with Gasteiger partial charge >= 0.3 is 13.2 Å². The lowest BCUT2D eigenvalue weighted by Gasteiger charge is -2.37. The van der Waals surface area contributed by atoms with Gasteiger partial charge in [0.05, 0.1) is 12.8 Å². The summed E-state index contributed by atoms with van der Waals surface area (Å²) in [4.78, 5) is 19.0. The van der Waals surface area contributed by atoms with Crippen molar-refractivity contribution < 1.29 is 19.2 Å². The summed E-state index contributed by atoms with van der Waals surface area (Å²) in [5.74, 6) is 0.735. The van der Waals surface area contributed by atoms with E-state index in [2.05, 4.69) is 21.9 Å². The van der Waals surface area contributed by atoms with Crippen molar-refractivity contribution in [1.29, 1.82) is 0 Å². The first-order chi connectivity index (χ1) is 12.5. The van der Waals surface area contributed by atoms with Crippen molar-refractivity contribution in [3.8, 4) is 5.75 Å². The maximum atomic E-state index is 11.7. The number of hydrogen-bond acceptors (Lipinski definition) is 5. The maximum absolute atomic E-state index is 11.7. The number of hydrogen-bond donors (Lipinski definition) is 3. The molecule has 7 nitrogen and oxygen atoms in total. The molecule has 3 N–H and O–H groups in total. The van der Waals surface area contributed by atoms with E-state index in [0.717, 1.165) is 41.4 Å². The third-order valence-electron chi connectivity index (χ3n) is 4.56. The highest BCUT2D eigenvalue weighted by molar-refractivity contribution is 6.41. The number of H-pyrrole nitrogens is 1. The Kier molecular flexibility index (Phi) is 5.51. The van der Waals surface area contributed by atoms with Crippen LogP contribution in [0.25, 0.3) is 16.6 Å². The van der Waals surface area contributed by atoms with Crippen LogP contribution in [0.3, 0.4) is 0 Å². The number of fused-ring (bicyclic) bond motifs is 1. The van der Waals surface area contributed by atoms with E-state index >= 15 is 0 Å². The lowest BCUT2D eigenvalue weighted by atomic mass is 9.73. The van der Waals surface area contributed by atoms with Crippen LogP contribution >= 0.6 is 0 Å². The van der Waals surface area contributed by atoms with E-state index in [0.29, 0.717) is 12.4 Å². The van der Waals surface area contributed by atoms with Crippen molar-refractivity contribution in [3.05, 3.63) is 30.6 Å². The van der Waals surface area contributed by atoms with Crippen LogP contribution in [0.15, 0.2) is 25.0 Å². The minimum Gasteiger partial charge on any atom is -0.535 e. The molecule has 138 valence electrons. The van der Waals surface area contributed by atoms with Gasteiger partial charge < -0.3 is 24.7 Å². The number of aromatic amines is 1. The van der Waals surface area contributed by atoms with Crippen LogP contribution in [0.2, 0.25) is 6.82 Å². The third-order valence-corrected chi connectivity index (χ3v) is 4.56. The molecule has 0 radical (unpaired) electrons. The van der Waals surface area contributed by atoms with Gasteiger partial charge in [0.15, 0.2) is 0 Å². The van der Waals surface area contributed by atoms with Gasteiger partial charge in [0.25, 0.3) is 0 Å². The summed E-state index contributed by atoms with van der Waals surface area (Å²) in [7, 11) is -0.941. The lowest BCUT2D eigenvalue weighted by molar-refractivity contribution is 0.133. The third kappa shape index (κ3) is 3.85. The molecule has 0 unspecified atom stereocenters. The van der Waals surface area contributed by atoms with E-state index in [4.69, 9.17) is 9.39 Å². The largest absolute Gasteiger partial charge is 0.535 e. The van der Waals surface area contributed by atoms with E-state index < -0.39 is 7.12 Å². The number of nitrogens with zero attached hydrogens (tertiary/aromatic N) is 1. The van der Waals surface area contributed by atoms with Gasteiger partial charge in [-0.1, -0.05) is 13.5 Å². The molecule has 0 spiro atoms. The smallest absolute Gasteiger partial charge is 0.519 e. The van der Waals surface area contributed by atoms with E-state index in [1.807, 2.05) is 19.2 Å². The molecule has 0 aromatic carbocycles. The number of nitrogens with one attached hydrogen (secondary N) is 2. The van der Waals surface area contributed by atoms with Gasteiger partial charge in [-0.05, 0) is 43.6 Å². The summed E-state index contributed by atoms with van der Waals surface area (Å²) in [6, 6.07) is 2.01. The van der Waals surface area contributed by atoms with Gasteiger partial charge in [0.2, 0.25) is 0 Å². The molecule has 2 heterocycles. The number of carbonyl (C=O) groups excluding carboxylic acids is 1. The monoisotopic (exact) mass is 357 g/mol. The molecular weight excluding hydrogens is 333 g/mol. The summed E-state index contributed by atoms with van der Waals surface area (Å²) in [6.07, 6.45) is 5.44. The molecule has 8 heteroatoms. The SMILES string of the molecule is C=C(c1c(OB(C)O)cnc2[nH]ccc12)C1CC(NC(=O)OCCC)C1. The molecule has 1 saturated carbocycles. The Labute approximate surface area is 152 Å². The molecule has 0 saturated heterocycles. The Morgan fingerprint density at radius 3 is 3.00 bits per heavy atom. The van der Waals surface area contributed by atoms with Crippen LogP contribution in [0.4, 0.5) is 4.79 Å². The highest BCUT2D eigenvalue weighted by atomic mass is 16.5. The molecule has 1 fully saturated rings. The molecule has 0 aliphatic heterocycles. The average molecular weight is 357 g/mol. The molecule has 26 heavy (non-hydrogen) atoms. The second-order valence-electron chi connectivity index (χ2n) is 6.63. The molecule has 2 aromatic rings. The number of pyridine rings is 1. The van der Waals surface area contributed by atoms with E-state index in [1.165, 1.54) is 0 Å². The van der Waals surface area contributed by atoms with Crippen molar-refractivity contribution in [2.75, 3.05) is 6.61 Å². The molecule has 3 rings (SSSR count). The summed E-state index contributed by atoms with van der Waals surface area (Å²) < 4.78 is 10.6.